The van der Waals surface area contributed by atoms with Crippen molar-refractivity contribution in [2.45, 2.75) is 12.6 Å². The molecule has 0 aliphatic carbocycles. The fourth-order valence-electron chi connectivity index (χ4n) is 3.58. The molecule has 0 aliphatic heterocycles. The van der Waals surface area contributed by atoms with Crippen molar-refractivity contribution in [2.24, 2.45) is 0 Å². The molecule has 0 fully saturated rings. The third-order valence-corrected chi connectivity index (χ3v) is 5.15. The average molecular weight is 407 g/mol. The molecule has 0 aliphatic rings. The lowest BCUT2D eigenvalue weighted by atomic mass is 9.97. The Morgan fingerprint density at radius 1 is 0.900 bits per heavy atom. The molecule has 3 rings (SSSR count). The number of carbonyl (C=O) groups excluding carboxylic acids is 1. The molecular formula is C25H27FN2O2. The second kappa shape index (κ2) is 10.0. The standard InChI is InChI=1S/C25H27FN2O2/c1-27(17-21-11-7-8-12-23(21)30-3)24(29)18-28(2)25(19-9-5-4-6-10-19)20-13-15-22(26)16-14-20/h4-16,25H,17-18H2,1-3H3. The number of hydrogen-bond acceptors (Lipinski definition) is 3. The van der Waals surface area contributed by atoms with Crippen LogP contribution in [-0.2, 0) is 11.3 Å². The van der Waals surface area contributed by atoms with Gasteiger partial charge in [-0.2, -0.15) is 0 Å². The summed E-state index contributed by atoms with van der Waals surface area (Å²) in [6.45, 7) is 0.686. The number of carbonyl (C=O) groups is 1. The summed E-state index contributed by atoms with van der Waals surface area (Å²) in [5.74, 6) is 0.478. The quantitative estimate of drug-likeness (QED) is 0.552. The van der Waals surface area contributed by atoms with E-state index in [-0.39, 0.29) is 24.3 Å². The van der Waals surface area contributed by atoms with Gasteiger partial charge >= 0.3 is 0 Å². The Kier molecular flexibility index (Phi) is 7.20. The maximum Gasteiger partial charge on any atom is 0.236 e. The zero-order chi connectivity index (χ0) is 21.5. The third-order valence-electron chi connectivity index (χ3n) is 5.15. The fourth-order valence-corrected chi connectivity index (χ4v) is 3.58. The molecule has 1 atom stereocenters. The lowest BCUT2D eigenvalue weighted by molar-refractivity contribution is -0.131. The van der Waals surface area contributed by atoms with E-state index in [0.29, 0.717) is 6.54 Å². The first-order valence-corrected chi connectivity index (χ1v) is 9.86. The molecule has 5 heteroatoms. The summed E-state index contributed by atoms with van der Waals surface area (Å²) in [4.78, 5) is 16.6. The van der Waals surface area contributed by atoms with Crippen molar-refractivity contribution in [3.63, 3.8) is 0 Å². The van der Waals surface area contributed by atoms with Crippen molar-refractivity contribution < 1.29 is 13.9 Å². The lowest BCUT2D eigenvalue weighted by Gasteiger charge is -2.30. The lowest BCUT2D eigenvalue weighted by Crippen LogP contribution is -2.38. The molecular weight excluding hydrogens is 379 g/mol. The molecule has 156 valence electrons. The summed E-state index contributed by atoms with van der Waals surface area (Å²) >= 11 is 0. The van der Waals surface area contributed by atoms with E-state index in [4.69, 9.17) is 4.74 Å². The van der Waals surface area contributed by atoms with Crippen LogP contribution in [0.5, 0.6) is 5.75 Å². The van der Waals surface area contributed by atoms with Gasteiger partial charge in [0.2, 0.25) is 5.91 Å². The number of ether oxygens (including phenoxy) is 1. The topological polar surface area (TPSA) is 32.8 Å². The summed E-state index contributed by atoms with van der Waals surface area (Å²) < 4.78 is 18.8. The van der Waals surface area contributed by atoms with Crippen LogP contribution in [0.2, 0.25) is 0 Å². The summed E-state index contributed by atoms with van der Waals surface area (Å²) in [5.41, 5.74) is 2.94. The molecule has 0 spiro atoms. The van der Waals surface area contributed by atoms with Crippen molar-refractivity contribution in [1.29, 1.82) is 0 Å². The Morgan fingerprint density at radius 3 is 2.17 bits per heavy atom. The minimum Gasteiger partial charge on any atom is -0.496 e. The maximum absolute atomic E-state index is 13.5. The van der Waals surface area contributed by atoms with E-state index in [1.54, 1.807) is 31.2 Å². The van der Waals surface area contributed by atoms with E-state index < -0.39 is 0 Å². The van der Waals surface area contributed by atoms with Crippen molar-refractivity contribution in [1.82, 2.24) is 9.80 Å². The van der Waals surface area contributed by atoms with Crippen LogP contribution in [0, 0.1) is 5.82 Å². The summed E-state index contributed by atoms with van der Waals surface area (Å²) in [7, 11) is 5.33. The first kappa shape index (κ1) is 21.5. The number of para-hydroxylation sites is 1. The van der Waals surface area contributed by atoms with Crippen LogP contribution in [0.3, 0.4) is 0 Å². The van der Waals surface area contributed by atoms with Gasteiger partial charge in [0.15, 0.2) is 0 Å². The number of amides is 1. The smallest absolute Gasteiger partial charge is 0.236 e. The molecule has 3 aromatic carbocycles. The minimum absolute atomic E-state index is 0.00792. The highest BCUT2D eigenvalue weighted by Gasteiger charge is 2.23. The van der Waals surface area contributed by atoms with Crippen LogP contribution in [0.1, 0.15) is 22.7 Å². The zero-order valence-corrected chi connectivity index (χ0v) is 17.6. The highest BCUT2D eigenvalue weighted by molar-refractivity contribution is 5.78. The Hall–Kier alpha value is -3.18. The number of rotatable bonds is 8. The first-order chi connectivity index (χ1) is 14.5. The highest BCUT2D eigenvalue weighted by Crippen LogP contribution is 2.28. The molecule has 0 saturated heterocycles. The Labute approximate surface area is 177 Å². The Bertz CT molecular complexity index is 960. The van der Waals surface area contributed by atoms with Gasteiger partial charge in [-0.25, -0.2) is 4.39 Å². The van der Waals surface area contributed by atoms with Crippen LogP contribution >= 0.6 is 0 Å². The zero-order valence-electron chi connectivity index (χ0n) is 17.6. The third kappa shape index (κ3) is 5.24. The predicted molar refractivity (Wildman–Crippen MR) is 117 cm³/mol. The van der Waals surface area contributed by atoms with E-state index in [2.05, 4.69) is 0 Å². The van der Waals surface area contributed by atoms with Crippen LogP contribution in [0.15, 0.2) is 78.9 Å². The van der Waals surface area contributed by atoms with Crippen LogP contribution in [0.25, 0.3) is 0 Å². The minimum atomic E-state index is -0.277. The molecule has 30 heavy (non-hydrogen) atoms. The first-order valence-electron chi connectivity index (χ1n) is 9.86. The molecule has 4 nitrogen and oxygen atoms in total. The largest absolute Gasteiger partial charge is 0.496 e. The number of nitrogens with zero attached hydrogens (tertiary/aromatic N) is 2. The van der Waals surface area contributed by atoms with Crippen molar-refractivity contribution in [2.75, 3.05) is 27.7 Å². The number of halogens is 1. The van der Waals surface area contributed by atoms with Gasteiger partial charge in [-0.1, -0.05) is 60.7 Å². The monoisotopic (exact) mass is 406 g/mol. The normalized spacial score (nSPS) is 11.9. The van der Waals surface area contributed by atoms with Gasteiger partial charge in [0.25, 0.3) is 0 Å². The second-order valence-electron chi connectivity index (χ2n) is 7.34. The van der Waals surface area contributed by atoms with Crippen LogP contribution in [0.4, 0.5) is 4.39 Å². The van der Waals surface area contributed by atoms with Gasteiger partial charge in [0.1, 0.15) is 11.6 Å². The number of benzene rings is 3. The summed E-state index contributed by atoms with van der Waals surface area (Å²) in [6.07, 6.45) is 0. The van der Waals surface area contributed by atoms with Gasteiger partial charge in [-0.3, -0.25) is 9.69 Å². The molecule has 0 bridgehead atoms. The van der Waals surface area contributed by atoms with E-state index >= 15 is 0 Å². The molecule has 0 N–H and O–H groups in total. The summed E-state index contributed by atoms with van der Waals surface area (Å²) in [6, 6.07) is 23.9. The molecule has 0 aromatic heterocycles. The van der Waals surface area contributed by atoms with Gasteiger partial charge < -0.3 is 9.64 Å². The van der Waals surface area contributed by atoms with E-state index in [1.807, 2.05) is 66.5 Å². The number of hydrogen-bond donors (Lipinski definition) is 0. The second-order valence-corrected chi connectivity index (χ2v) is 7.34. The van der Waals surface area contributed by atoms with Crippen molar-refractivity contribution in [3.05, 3.63) is 101 Å². The fraction of sp³-hybridized carbons (Fsp3) is 0.240. The van der Waals surface area contributed by atoms with Gasteiger partial charge in [0.05, 0.1) is 19.7 Å². The highest BCUT2D eigenvalue weighted by atomic mass is 19.1. The van der Waals surface area contributed by atoms with Crippen LogP contribution < -0.4 is 4.74 Å². The van der Waals surface area contributed by atoms with Gasteiger partial charge in [-0.05, 0) is 36.4 Å². The molecule has 1 unspecified atom stereocenters. The average Bonchev–Trinajstić information content (AvgIpc) is 2.76. The molecule has 0 saturated carbocycles. The van der Waals surface area contributed by atoms with Crippen molar-refractivity contribution in [3.8, 4) is 5.75 Å². The number of likely N-dealkylation sites (N-methyl/N-ethyl adjacent to an activating group) is 2. The van der Waals surface area contributed by atoms with Gasteiger partial charge in [-0.15, -0.1) is 0 Å². The Balaban J connectivity index is 1.77. The van der Waals surface area contributed by atoms with E-state index in [9.17, 15) is 9.18 Å². The molecule has 3 aromatic rings. The van der Waals surface area contributed by atoms with E-state index in [1.165, 1.54) is 12.1 Å². The predicted octanol–water partition coefficient (Wildman–Crippen LogP) is 4.51. The molecule has 0 heterocycles. The maximum atomic E-state index is 13.5. The van der Waals surface area contributed by atoms with Crippen LogP contribution in [-0.4, -0.2) is 43.5 Å². The Morgan fingerprint density at radius 2 is 1.50 bits per heavy atom. The molecule has 0 radical (unpaired) electrons. The SMILES string of the molecule is COc1ccccc1CN(C)C(=O)CN(C)C(c1ccccc1)c1ccc(F)cc1. The van der Waals surface area contributed by atoms with E-state index in [0.717, 1.165) is 22.4 Å². The summed E-state index contributed by atoms with van der Waals surface area (Å²) in [5, 5.41) is 0. The van der Waals surface area contributed by atoms with Crippen molar-refractivity contribution >= 4 is 5.91 Å². The van der Waals surface area contributed by atoms with Gasteiger partial charge in [0, 0.05) is 19.2 Å². The molecule has 1 amide bonds. The number of methoxy groups -OCH3 is 1.